The molecule has 0 bridgehead atoms. The number of carbonyl (C=O) groups excluding carboxylic acids is 3. The van der Waals surface area contributed by atoms with Crippen LogP contribution in [-0.4, -0.2) is 54.5 Å². The van der Waals surface area contributed by atoms with Gasteiger partial charge in [0, 0.05) is 13.1 Å². The lowest BCUT2D eigenvalue weighted by molar-refractivity contribution is -0.141. The van der Waals surface area contributed by atoms with Crippen molar-refractivity contribution >= 4 is 27.7 Å². The van der Waals surface area contributed by atoms with Gasteiger partial charge in [0.25, 0.3) is 15.9 Å². The molecule has 2 aromatic rings. The summed E-state index contributed by atoms with van der Waals surface area (Å²) in [5.74, 6) is -2.31. The van der Waals surface area contributed by atoms with Crippen LogP contribution in [0.5, 0.6) is 0 Å². The van der Waals surface area contributed by atoms with E-state index < -0.39 is 40.2 Å². The van der Waals surface area contributed by atoms with Gasteiger partial charge in [0.2, 0.25) is 11.8 Å². The molecule has 0 spiro atoms. The minimum Gasteiger partial charge on any atom is -0.354 e. The first-order chi connectivity index (χ1) is 16.2. The lowest BCUT2D eigenvalue weighted by Gasteiger charge is -2.31. The summed E-state index contributed by atoms with van der Waals surface area (Å²) in [6.45, 7) is 3.38. The Morgan fingerprint density at radius 1 is 1.09 bits per heavy atom. The molecule has 1 N–H and O–H groups in total. The second-order valence-corrected chi connectivity index (χ2v) is 9.86. The smallest absolute Gasteiger partial charge is 0.269 e. The number of fused-ring (bicyclic) bond motifs is 1. The molecule has 0 radical (unpaired) electrons. The van der Waals surface area contributed by atoms with Crippen LogP contribution in [0.15, 0.2) is 53.4 Å². The van der Waals surface area contributed by atoms with Gasteiger partial charge in [-0.3, -0.25) is 14.4 Å². The number of amides is 3. The van der Waals surface area contributed by atoms with Crippen molar-refractivity contribution < 1.29 is 27.2 Å². The van der Waals surface area contributed by atoms with Crippen LogP contribution in [0.25, 0.3) is 0 Å². The highest BCUT2D eigenvalue weighted by Crippen LogP contribution is 2.30. The Hall–Kier alpha value is -3.27. The molecule has 0 aromatic heterocycles. The number of nitrogens with one attached hydrogen (secondary N) is 1. The number of halogens is 1. The molecule has 1 aliphatic rings. The zero-order valence-electron chi connectivity index (χ0n) is 19.2. The molecule has 0 aliphatic carbocycles. The Balaban J connectivity index is 1.89. The highest BCUT2D eigenvalue weighted by molar-refractivity contribution is 7.90. The predicted molar refractivity (Wildman–Crippen MR) is 124 cm³/mol. The van der Waals surface area contributed by atoms with Crippen molar-refractivity contribution in [1.29, 1.82) is 0 Å². The lowest BCUT2D eigenvalue weighted by Crippen LogP contribution is -2.52. The maximum Gasteiger partial charge on any atom is 0.269 e. The highest BCUT2D eigenvalue weighted by atomic mass is 32.2. The van der Waals surface area contributed by atoms with Gasteiger partial charge in [0.05, 0.1) is 5.56 Å². The predicted octanol–water partition coefficient (Wildman–Crippen LogP) is 2.69. The molecule has 3 amide bonds. The molecule has 34 heavy (non-hydrogen) atoms. The van der Waals surface area contributed by atoms with Crippen LogP contribution in [0.4, 0.5) is 4.39 Å². The van der Waals surface area contributed by atoms with E-state index in [1.54, 1.807) is 13.0 Å². The number of nitrogens with zero attached hydrogens (tertiary/aromatic N) is 2. The summed E-state index contributed by atoms with van der Waals surface area (Å²) in [7, 11) is -4.19. The molecule has 10 heteroatoms. The van der Waals surface area contributed by atoms with Crippen molar-refractivity contribution in [3.8, 4) is 0 Å². The van der Waals surface area contributed by atoms with E-state index in [4.69, 9.17) is 0 Å². The highest BCUT2D eigenvalue weighted by Gasteiger charge is 2.43. The van der Waals surface area contributed by atoms with Gasteiger partial charge in [-0.2, -0.15) is 0 Å². The van der Waals surface area contributed by atoms with Crippen molar-refractivity contribution in [2.24, 2.45) is 0 Å². The van der Waals surface area contributed by atoms with Crippen molar-refractivity contribution in [3.63, 3.8) is 0 Å². The van der Waals surface area contributed by atoms with E-state index >= 15 is 0 Å². The van der Waals surface area contributed by atoms with Gasteiger partial charge in [-0.25, -0.2) is 17.1 Å². The van der Waals surface area contributed by atoms with Gasteiger partial charge < -0.3 is 10.2 Å². The maximum absolute atomic E-state index is 13.4. The average Bonchev–Trinajstić information content (AvgIpc) is 3.01. The quantitative estimate of drug-likeness (QED) is 0.517. The third kappa shape index (κ3) is 5.27. The summed E-state index contributed by atoms with van der Waals surface area (Å²) in [5, 5.41) is 2.81. The SMILES string of the molecule is CCCCNC(=O)[C@@H](CC)N(Cc1ccc(F)cc1)C(=O)CN1C(=O)c2ccccc2S1(=O)=O. The fourth-order valence-electron chi connectivity index (χ4n) is 3.81. The minimum absolute atomic E-state index is 0.00438. The molecule has 2 aromatic carbocycles. The zero-order valence-corrected chi connectivity index (χ0v) is 20.0. The van der Waals surface area contributed by atoms with Crippen LogP contribution in [0, 0.1) is 5.82 Å². The Kier molecular flexibility index (Phi) is 8.03. The van der Waals surface area contributed by atoms with Gasteiger partial charge in [0.1, 0.15) is 23.3 Å². The van der Waals surface area contributed by atoms with E-state index in [-0.39, 0.29) is 29.3 Å². The molecule has 1 heterocycles. The monoisotopic (exact) mass is 489 g/mol. The van der Waals surface area contributed by atoms with Gasteiger partial charge in [-0.1, -0.05) is 44.5 Å². The molecule has 0 unspecified atom stereocenters. The van der Waals surface area contributed by atoms with Crippen LogP contribution in [0.2, 0.25) is 0 Å². The van der Waals surface area contributed by atoms with E-state index in [1.165, 1.54) is 47.4 Å². The first-order valence-electron chi connectivity index (χ1n) is 11.2. The van der Waals surface area contributed by atoms with E-state index in [1.807, 2.05) is 6.92 Å². The van der Waals surface area contributed by atoms with Crippen molar-refractivity contribution in [1.82, 2.24) is 14.5 Å². The Bertz CT molecular complexity index is 1170. The maximum atomic E-state index is 13.4. The summed E-state index contributed by atoms with van der Waals surface area (Å²) < 4.78 is 39.7. The topological polar surface area (TPSA) is 104 Å². The first kappa shape index (κ1) is 25.4. The number of benzene rings is 2. The summed E-state index contributed by atoms with van der Waals surface area (Å²) in [6, 6.07) is 10.3. The molecule has 1 aliphatic heterocycles. The molecule has 182 valence electrons. The Morgan fingerprint density at radius 2 is 1.76 bits per heavy atom. The molecule has 0 fully saturated rings. The fourth-order valence-corrected chi connectivity index (χ4v) is 5.33. The van der Waals surface area contributed by atoms with Crippen molar-refractivity contribution in [2.75, 3.05) is 13.1 Å². The van der Waals surface area contributed by atoms with Gasteiger partial charge in [0.15, 0.2) is 0 Å². The first-order valence-corrected chi connectivity index (χ1v) is 12.6. The van der Waals surface area contributed by atoms with E-state index in [9.17, 15) is 27.2 Å². The summed E-state index contributed by atoms with van der Waals surface area (Å²) in [5.41, 5.74) is 0.568. The van der Waals surface area contributed by atoms with Crippen LogP contribution in [0.1, 0.15) is 49.0 Å². The van der Waals surface area contributed by atoms with Crippen LogP contribution in [0.3, 0.4) is 0 Å². The van der Waals surface area contributed by atoms with Crippen molar-refractivity contribution in [2.45, 2.75) is 50.6 Å². The number of sulfonamides is 1. The number of hydrogen-bond donors (Lipinski definition) is 1. The number of unbranched alkanes of at least 4 members (excludes halogenated alkanes) is 1. The second kappa shape index (κ2) is 10.8. The normalized spacial score (nSPS) is 15.0. The summed E-state index contributed by atoms with van der Waals surface area (Å²) in [6.07, 6.45) is 1.92. The summed E-state index contributed by atoms with van der Waals surface area (Å²) >= 11 is 0. The van der Waals surface area contributed by atoms with E-state index in [0.717, 1.165) is 12.8 Å². The van der Waals surface area contributed by atoms with E-state index in [0.29, 0.717) is 16.4 Å². The molecule has 1 atom stereocenters. The number of rotatable bonds is 10. The van der Waals surface area contributed by atoms with Crippen LogP contribution >= 0.6 is 0 Å². The Labute approximate surface area is 198 Å². The molecular formula is C24H28FN3O5S. The largest absolute Gasteiger partial charge is 0.354 e. The molecular weight excluding hydrogens is 461 g/mol. The molecule has 8 nitrogen and oxygen atoms in total. The number of carbonyl (C=O) groups is 3. The molecule has 3 rings (SSSR count). The summed E-state index contributed by atoms with van der Waals surface area (Å²) in [4.78, 5) is 40.2. The standard InChI is InChI=1S/C24H28FN3O5S/c1-3-5-14-26-23(30)20(4-2)27(15-17-10-12-18(25)13-11-17)22(29)16-28-24(31)19-8-6-7-9-21(19)34(28,32)33/h6-13,20H,3-5,14-16H2,1-2H3,(H,26,30)/t20-/m1/s1. The third-order valence-corrected chi connectivity index (χ3v) is 7.46. The third-order valence-electron chi connectivity index (χ3n) is 5.67. The van der Waals surface area contributed by atoms with Crippen molar-refractivity contribution in [3.05, 3.63) is 65.5 Å². The second-order valence-electron chi connectivity index (χ2n) is 8.03. The van der Waals surface area contributed by atoms with Crippen LogP contribution < -0.4 is 5.32 Å². The minimum atomic E-state index is -4.19. The Morgan fingerprint density at radius 3 is 2.38 bits per heavy atom. The van der Waals surface area contributed by atoms with Gasteiger partial charge in [-0.15, -0.1) is 0 Å². The zero-order chi connectivity index (χ0) is 24.9. The van der Waals surface area contributed by atoms with Gasteiger partial charge in [-0.05, 0) is 42.7 Å². The number of hydrogen-bond acceptors (Lipinski definition) is 5. The average molecular weight is 490 g/mol. The van der Waals surface area contributed by atoms with E-state index in [2.05, 4.69) is 5.32 Å². The molecule has 0 saturated heterocycles. The lowest BCUT2D eigenvalue weighted by atomic mass is 10.1. The fraction of sp³-hybridized carbons (Fsp3) is 0.375. The van der Waals surface area contributed by atoms with Crippen LogP contribution in [-0.2, 0) is 26.2 Å². The molecule has 0 saturated carbocycles. The van der Waals surface area contributed by atoms with Gasteiger partial charge >= 0.3 is 0 Å².